The molecule has 2 aromatic rings. The molecule has 8 heteroatoms. The number of fused-ring (bicyclic) bond motifs is 1. The number of phenols is 1. The third-order valence-corrected chi connectivity index (χ3v) is 5.47. The van der Waals surface area contributed by atoms with Gasteiger partial charge in [0.05, 0.1) is 8.95 Å². The number of likely N-dealkylation sites (N-methyl/N-ethyl adjacent to an activating group) is 1. The van der Waals surface area contributed by atoms with E-state index in [0.29, 0.717) is 37.9 Å². The van der Waals surface area contributed by atoms with Gasteiger partial charge in [0.25, 0.3) is 11.8 Å². The Morgan fingerprint density at radius 3 is 2.54 bits per heavy atom. The predicted molar refractivity (Wildman–Crippen MR) is 117 cm³/mol. The van der Waals surface area contributed by atoms with Crippen LogP contribution in [0.2, 0.25) is 0 Å². The van der Waals surface area contributed by atoms with Gasteiger partial charge < -0.3 is 20.6 Å². The molecule has 0 saturated heterocycles. The van der Waals surface area contributed by atoms with E-state index in [0.717, 1.165) is 12.1 Å². The van der Waals surface area contributed by atoms with Crippen molar-refractivity contribution in [1.29, 1.82) is 0 Å². The zero-order chi connectivity index (χ0) is 20.4. The Morgan fingerprint density at radius 1 is 1.21 bits per heavy atom. The van der Waals surface area contributed by atoms with E-state index in [9.17, 15) is 14.7 Å². The number of halogens is 2. The van der Waals surface area contributed by atoms with Crippen molar-refractivity contribution < 1.29 is 14.7 Å². The number of aromatic hydroxyl groups is 1. The molecule has 0 aromatic heterocycles. The summed E-state index contributed by atoms with van der Waals surface area (Å²) in [6.45, 7) is 1.28. The number of anilines is 1. The molecule has 2 amide bonds. The van der Waals surface area contributed by atoms with Crippen molar-refractivity contribution in [3.8, 4) is 5.75 Å². The van der Waals surface area contributed by atoms with Gasteiger partial charge in [-0.3, -0.25) is 9.59 Å². The van der Waals surface area contributed by atoms with E-state index >= 15 is 0 Å². The van der Waals surface area contributed by atoms with Crippen molar-refractivity contribution in [1.82, 2.24) is 10.2 Å². The summed E-state index contributed by atoms with van der Waals surface area (Å²) in [7, 11) is 3.88. The molecule has 0 aliphatic carbocycles. The van der Waals surface area contributed by atoms with Gasteiger partial charge in [-0.1, -0.05) is 0 Å². The number of phenolic OH excluding ortho intramolecular Hbond substituents is 1. The molecule has 0 atom stereocenters. The summed E-state index contributed by atoms with van der Waals surface area (Å²) >= 11 is 6.58. The quantitative estimate of drug-likeness (QED) is 0.538. The Balaban J connectivity index is 1.91. The van der Waals surface area contributed by atoms with Crippen LogP contribution < -0.4 is 10.6 Å². The van der Waals surface area contributed by atoms with Crippen molar-refractivity contribution in [2.45, 2.75) is 0 Å². The van der Waals surface area contributed by atoms with E-state index in [-0.39, 0.29) is 17.6 Å². The van der Waals surface area contributed by atoms with Crippen LogP contribution in [0, 0.1) is 0 Å². The number of rotatable bonds is 5. The van der Waals surface area contributed by atoms with E-state index in [4.69, 9.17) is 0 Å². The summed E-state index contributed by atoms with van der Waals surface area (Å²) in [6, 6.07) is 8.58. The molecular weight excluding hydrogens is 490 g/mol. The number of hydrogen-bond acceptors (Lipinski definition) is 4. The van der Waals surface area contributed by atoms with Crippen LogP contribution in [0.5, 0.6) is 5.75 Å². The molecule has 1 aliphatic heterocycles. The number of carbonyl (C=O) groups excluding carboxylic acids is 2. The maximum absolute atomic E-state index is 12.4. The Hall–Kier alpha value is -2.16. The van der Waals surface area contributed by atoms with Gasteiger partial charge in [0.1, 0.15) is 5.75 Å². The van der Waals surface area contributed by atoms with Crippen LogP contribution in [0.25, 0.3) is 11.6 Å². The largest absolute Gasteiger partial charge is 0.506 e. The first-order chi connectivity index (χ1) is 13.3. The van der Waals surface area contributed by atoms with Gasteiger partial charge in [-0.05, 0) is 87.9 Å². The molecule has 0 spiro atoms. The van der Waals surface area contributed by atoms with E-state index in [1.165, 1.54) is 0 Å². The minimum absolute atomic E-state index is 0.0927. The first-order valence-electron chi connectivity index (χ1n) is 8.54. The van der Waals surface area contributed by atoms with Gasteiger partial charge in [0.2, 0.25) is 0 Å². The SMILES string of the molecule is CN(C)CCNC(=O)c1ccc2c(c1)C(=Cc1cc(Br)c(O)c(Br)c1)C(=O)N2. The second kappa shape index (κ2) is 8.46. The van der Waals surface area contributed by atoms with Gasteiger partial charge in [-0.25, -0.2) is 0 Å². The number of amides is 2. The fourth-order valence-corrected chi connectivity index (χ4v) is 4.02. The summed E-state index contributed by atoms with van der Waals surface area (Å²) < 4.78 is 1.03. The molecule has 0 unspecified atom stereocenters. The molecule has 0 radical (unpaired) electrons. The lowest BCUT2D eigenvalue weighted by atomic mass is 10.0. The van der Waals surface area contributed by atoms with Gasteiger partial charge in [0.15, 0.2) is 0 Å². The fourth-order valence-electron chi connectivity index (χ4n) is 2.80. The lowest BCUT2D eigenvalue weighted by molar-refractivity contribution is -0.110. The van der Waals surface area contributed by atoms with Crippen LogP contribution in [0.1, 0.15) is 21.5 Å². The Morgan fingerprint density at radius 2 is 1.89 bits per heavy atom. The van der Waals surface area contributed by atoms with Crippen LogP contribution in [0.3, 0.4) is 0 Å². The second-order valence-corrected chi connectivity index (χ2v) is 8.37. The first-order valence-corrected chi connectivity index (χ1v) is 10.1. The highest BCUT2D eigenvalue weighted by molar-refractivity contribution is 9.11. The standard InChI is InChI=1S/C20H19Br2N3O3/c1-25(2)6-5-23-19(27)12-3-4-17-13(10-12)14(20(28)24-17)7-11-8-15(21)18(26)16(22)9-11/h3-4,7-10,26H,5-6H2,1-2H3,(H,23,27)(H,24,28). The lowest BCUT2D eigenvalue weighted by Gasteiger charge is -2.11. The maximum Gasteiger partial charge on any atom is 0.256 e. The van der Waals surface area contributed by atoms with Crippen molar-refractivity contribution in [2.75, 3.05) is 32.5 Å². The van der Waals surface area contributed by atoms with E-state index in [2.05, 4.69) is 42.5 Å². The predicted octanol–water partition coefficient (Wildman–Crippen LogP) is 3.70. The average Bonchev–Trinajstić information content (AvgIpc) is 2.94. The Labute approximate surface area is 179 Å². The number of carbonyl (C=O) groups is 2. The highest BCUT2D eigenvalue weighted by atomic mass is 79.9. The van der Waals surface area contributed by atoms with Crippen LogP contribution in [0.4, 0.5) is 5.69 Å². The zero-order valence-corrected chi connectivity index (χ0v) is 18.5. The molecule has 6 nitrogen and oxygen atoms in total. The third kappa shape index (κ3) is 4.45. The van der Waals surface area contributed by atoms with Crippen LogP contribution in [-0.4, -0.2) is 49.0 Å². The Bertz CT molecular complexity index is 964. The van der Waals surface area contributed by atoms with Gasteiger partial charge in [-0.15, -0.1) is 0 Å². The van der Waals surface area contributed by atoms with Crippen molar-refractivity contribution in [3.63, 3.8) is 0 Å². The van der Waals surface area contributed by atoms with Gasteiger partial charge in [0, 0.05) is 35.5 Å². The number of hydrogen-bond donors (Lipinski definition) is 3. The molecule has 0 fully saturated rings. The van der Waals surface area contributed by atoms with Crippen LogP contribution in [0.15, 0.2) is 39.3 Å². The number of benzene rings is 2. The van der Waals surface area contributed by atoms with Gasteiger partial charge >= 0.3 is 0 Å². The molecule has 146 valence electrons. The van der Waals surface area contributed by atoms with Crippen molar-refractivity contribution >= 4 is 61.0 Å². The number of nitrogens with zero attached hydrogens (tertiary/aromatic N) is 1. The van der Waals surface area contributed by atoms with Gasteiger partial charge in [-0.2, -0.15) is 0 Å². The lowest BCUT2D eigenvalue weighted by Crippen LogP contribution is -2.31. The molecule has 0 saturated carbocycles. The number of nitrogens with one attached hydrogen (secondary N) is 2. The highest BCUT2D eigenvalue weighted by Gasteiger charge is 2.25. The topological polar surface area (TPSA) is 81.7 Å². The summed E-state index contributed by atoms with van der Waals surface area (Å²) in [5, 5.41) is 15.5. The first kappa shape index (κ1) is 20.6. The summed E-state index contributed by atoms with van der Waals surface area (Å²) in [5.74, 6) is -0.325. The van der Waals surface area contributed by atoms with E-state index in [1.54, 1.807) is 36.4 Å². The molecular formula is C20H19Br2N3O3. The monoisotopic (exact) mass is 507 g/mol. The fraction of sp³-hybridized carbons (Fsp3) is 0.200. The van der Waals surface area contributed by atoms with E-state index < -0.39 is 0 Å². The molecule has 0 bridgehead atoms. The molecule has 3 rings (SSSR count). The van der Waals surface area contributed by atoms with Crippen molar-refractivity contribution in [2.24, 2.45) is 0 Å². The van der Waals surface area contributed by atoms with Crippen LogP contribution in [-0.2, 0) is 4.79 Å². The normalized spacial score (nSPS) is 14.3. The van der Waals surface area contributed by atoms with E-state index in [1.807, 2.05) is 19.0 Å². The molecule has 3 N–H and O–H groups in total. The molecule has 1 aliphatic rings. The summed E-state index contributed by atoms with van der Waals surface area (Å²) in [5.41, 5.74) is 3.02. The minimum Gasteiger partial charge on any atom is -0.506 e. The van der Waals surface area contributed by atoms with Crippen LogP contribution >= 0.6 is 31.9 Å². The smallest absolute Gasteiger partial charge is 0.256 e. The van der Waals surface area contributed by atoms with Crippen molar-refractivity contribution in [3.05, 3.63) is 56.0 Å². The third-order valence-electron chi connectivity index (χ3n) is 4.26. The summed E-state index contributed by atoms with van der Waals surface area (Å²) in [6.07, 6.45) is 1.73. The maximum atomic E-state index is 12.4. The highest BCUT2D eigenvalue weighted by Crippen LogP contribution is 2.37. The molecule has 2 aromatic carbocycles. The molecule has 1 heterocycles. The molecule has 28 heavy (non-hydrogen) atoms. The summed E-state index contributed by atoms with van der Waals surface area (Å²) in [4.78, 5) is 26.8. The average molecular weight is 509 g/mol. The minimum atomic E-state index is -0.236. The zero-order valence-electron chi connectivity index (χ0n) is 15.3. The second-order valence-electron chi connectivity index (χ2n) is 6.66. The Kier molecular flexibility index (Phi) is 6.22.